The molecule has 1 aliphatic carbocycles. The van der Waals surface area contributed by atoms with Gasteiger partial charge in [0, 0.05) is 30.5 Å². The lowest BCUT2D eigenvalue weighted by Crippen LogP contribution is -2.41. The summed E-state index contributed by atoms with van der Waals surface area (Å²) in [7, 11) is 0. The molecule has 2 bridgehead atoms. The fraction of sp³-hybridized carbons (Fsp3) is 0.464. The minimum Gasteiger partial charge on any atom is -0.481 e. The molecule has 35 heavy (non-hydrogen) atoms. The van der Waals surface area contributed by atoms with Gasteiger partial charge in [-0.1, -0.05) is 55.5 Å². The van der Waals surface area contributed by atoms with Crippen molar-refractivity contribution in [2.24, 2.45) is 11.8 Å². The number of aliphatic carboxylic acids is 1. The number of hydrogen-bond donors (Lipinski definition) is 2. The van der Waals surface area contributed by atoms with E-state index in [1.165, 1.54) is 22.3 Å². The molecule has 2 saturated heterocycles. The highest BCUT2D eigenvalue weighted by Gasteiger charge is 2.51. The molecule has 2 N–H and O–H groups in total. The maximum atomic E-state index is 13.0. The molecule has 2 aromatic rings. The van der Waals surface area contributed by atoms with E-state index in [2.05, 4.69) is 29.6 Å². The van der Waals surface area contributed by atoms with Crippen LogP contribution in [0.3, 0.4) is 0 Å². The molecule has 5 rings (SSSR count). The van der Waals surface area contributed by atoms with Gasteiger partial charge >= 0.3 is 12.1 Å². The Balaban J connectivity index is 1.07. The van der Waals surface area contributed by atoms with E-state index in [0.717, 1.165) is 12.8 Å². The zero-order valence-electron chi connectivity index (χ0n) is 20.0. The molecule has 184 valence electrons. The summed E-state index contributed by atoms with van der Waals surface area (Å²) >= 11 is 0. The second-order valence-corrected chi connectivity index (χ2v) is 10.0. The van der Waals surface area contributed by atoms with Crippen LogP contribution in [0.4, 0.5) is 4.79 Å². The maximum Gasteiger partial charge on any atom is 0.407 e. The van der Waals surface area contributed by atoms with Crippen LogP contribution in [0.1, 0.15) is 56.1 Å². The van der Waals surface area contributed by atoms with Crippen molar-refractivity contribution in [3.05, 3.63) is 59.7 Å². The van der Waals surface area contributed by atoms with Gasteiger partial charge in [0.05, 0.1) is 5.92 Å². The van der Waals surface area contributed by atoms with Crippen LogP contribution >= 0.6 is 0 Å². The smallest absolute Gasteiger partial charge is 0.407 e. The molecular formula is C28H32N2O5. The van der Waals surface area contributed by atoms with E-state index in [1.807, 2.05) is 36.1 Å². The van der Waals surface area contributed by atoms with Crippen molar-refractivity contribution in [3.8, 4) is 11.1 Å². The number of ether oxygens (including phenoxy) is 1. The average molecular weight is 477 g/mol. The van der Waals surface area contributed by atoms with Gasteiger partial charge in [0.2, 0.25) is 5.91 Å². The van der Waals surface area contributed by atoms with Crippen LogP contribution in [0, 0.1) is 11.8 Å². The number of amides is 2. The molecule has 7 nitrogen and oxygen atoms in total. The Labute approximate surface area is 205 Å². The fourth-order valence-corrected chi connectivity index (χ4v) is 6.22. The van der Waals surface area contributed by atoms with Crippen LogP contribution in [0.5, 0.6) is 0 Å². The molecule has 0 spiro atoms. The molecule has 2 aromatic carbocycles. The van der Waals surface area contributed by atoms with Gasteiger partial charge in [-0.05, 0) is 54.4 Å². The Kier molecular flexibility index (Phi) is 6.50. The van der Waals surface area contributed by atoms with E-state index in [4.69, 9.17) is 4.74 Å². The van der Waals surface area contributed by atoms with Crippen molar-refractivity contribution in [2.75, 3.05) is 13.2 Å². The second kappa shape index (κ2) is 9.72. The first-order valence-corrected chi connectivity index (χ1v) is 12.6. The summed E-state index contributed by atoms with van der Waals surface area (Å²) in [4.78, 5) is 38.6. The third-order valence-corrected chi connectivity index (χ3v) is 7.96. The molecular weight excluding hydrogens is 444 g/mol. The number of hydrogen-bond acceptors (Lipinski definition) is 4. The molecule has 4 atom stereocenters. The topological polar surface area (TPSA) is 95.9 Å². The summed E-state index contributed by atoms with van der Waals surface area (Å²) < 4.78 is 5.57. The van der Waals surface area contributed by atoms with E-state index < -0.39 is 18.0 Å². The average Bonchev–Trinajstić information content (AvgIpc) is 3.54. The maximum absolute atomic E-state index is 13.0. The van der Waals surface area contributed by atoms with E-state index in [1.54, 1.807) is 0 Å². The SMILES string of the molecule is CC(CCCNC(=O)OCC1c2ccccc2-c2ccccc21)C(=O)N1C2CCC1C(C(=O)O)C2. The van der Waals surface area contributed by atoms with Gasteiger partial charge in [-0.15, -0.1) is 0 Å². The van der Waals surface area contributed by atoms with Crippen molar-refractivity contribution in [1.29, 1.82) is 0 Å². The van der Waals surface area contributed by atoms with Crippen LogP contribution < -0.4 is 5.32 Å². The van der Waals surface area contributed by atoms with E-state index >= 15 is 0 Å². The lowest BCUT2D eigenvalue weighted by molar-refractivity contribution is -0.143. The summed E-state index contributed by atoms with van der Waals surface area (Å²) in [6.07, 6.45) is 3.09. The first-order chi connectivity index (χ1) is 17.0. The van der Waals surface area contributed by atoms with Crippen LogP contribution in [-0.2, 0) is 14.3 Å². The highest BCUT2D eigenvalue weighted by molar-refractivity contribution is 5.82. The molecule has 2 amide bonds. The quantitative estimate of drug-likeness (QED) is 0.551. The molecule has 0 aromatic heterocycles. The van der Waals surface area contributed by atoms with Gasteiger partial charge in [-0.3, -0.25) is 9.59 Å². The van der Waals surface area contributed by atoms with Gasteiger partial charge in [-0.2, -0.15) is 0 Å². The summed E-state index contributed by atoms with van der Waals surface area (Å²) in [5, 5.41) is 12.2. The molecule has 0 saturated carbocycles. The monoisotopic (exact) mass is 476 g/mol. The van der Waals surface area contributed by atoms with Gasteiger partial charge in [0.1, 0.15) is 6.61 Å². The molecule has 2 fully saturated rings. The predicted octanol–water partition coefficient (Wildman–Crippen LogP) is 4.41. The summed E-state index contributed by atoms with van der Waals surface area (Å²) in [5.41, 5.74) is 4.73. The number of nitrogens with zero attached hydrogens (tertiary/aromatic N) is 1. The number of carbonyl (C=O) groups excluding carboxylic acids is 2. The van der Waals surface area contributed by atoms with Crippen molar-refractivity contribution < 1.29 is 24.2 Å². The van der Waals surface area contributed by atoms with Crippen molar-refractivity contribution in [1.82, 2.24) is 10.2 Å². The zero-order valence-corrected chi connectivity index (χ0v) is 20.0. The van der Waals surface area contributed by atoms with E-state index in [0.29, 0.717) is 25.8 Å². The number of carbonyl (C=O) groups is 3. The standard InChI is InChI=1S/C28H32N2O5/c1-17(26(31)30-18-12-13-25(30)23(15-18)27(32)33)7-6-14-29-28(34)35-16-24-21-10-4-2-8-19(21)20-9-3-5-11-22(20)24/h2-5,8-11,17-18,23-25H,6-7,12-16H2,1H3,(H,29,34)(H,32,33). The number of rotatable bonds is 8. The van der Waals surface area contributed by atoms with Crippen LogP contribution in [0.15, 0.2) is 48.5 Å². The number of benzene rings is 2. The largest absolute Gasteiger partial charge is 0.481 e. The number of carboxylic acid groups (broad SMARTS) is 1. The molecule has 7 heteroatoms. The summed E-state index contributed by atoms with van der Waals surface area (Å²) in [6.45, 7) is 2.60. The highest BCUT2D eigenvalue weighted by Crippen LogP contribution is 2.45. The fourth-order valence-electron chi connectivity index (χ4n) is 6.22. The molecule has 2 aliphatic heterocycles. The zero-order chi connectivity index (χ0) is 24.5. The molecule has 2 heterocycles. The van der Waals surface area contributed by atoms with Crippen LogP contribution in [-0.4, -0.2) is 53.2 Å². The number of carboxylic acids is 1. The molecule has 3 aliphatic rings. The Hall–Kier alpha value is -3.35. The van der Waals surface area contributed by atoms with E-state index in [9.17, 15) is 19.5 Å². The highest BCUT2D eigenvalue weighted by atomic mass is 16.5. The lowest BCUT2D eigenvalue weighted by Gasteiger charge is -2.26. The first kappa shape index (κ1) is 23.4. The summed E-state index contributed by atoms with van der Waals surface area (Å²) in [6, 6.07) is 16.4. The van der Waals surface area contributed by atoms with Gasteiger partial charge in [0.15, 0.2) is 0 Å². The van der Waals surface area contributed by atoms with Crippen molar-refractivity contribution in [2.45, 2.75) is 57.0 Å². The minimum absolute atomic E-state index is 0.0243. The van der Waals surface area contributed by atoms with Crippen LogP contribution in [0.25, 0.3) is 11.1 Å². The van der Waals surface area contributed by atoms with Gasteiger partial charge < -0.3 is 20.1 Å². The van der Waals surface area contributed by atoms with Gasteiger partial charge in [-0.25, -0.2) is 4.79 Å². The number of nitrogens with one attached hydrogen (secondary N) is 1. The van der Waals surface area contributed by atoms with Gasteiger partial charge in [0.25, 0.3) is 0 Å². The normalized spacial score (nSPS) is 23.0. The van der Waals surface area contributed by atoms with Crippen LogP contribution in [0.2, 0.25) is 0 Å². The summed E-state index contributed by atoms with van der Waals surface area (Å²) in [5.74, 6) is -1.36. The van der Waals surface area contributed by atoms with E-state index in [-0.39, 0.29) is 36.4 Å². The van der Waals surface area contributed by atoms with Crippen molar-refractivity contribution in [3.63, 3.8) is 0 Å². The lowest BCUT2D eigenvalue weighted by atomic mass is 9.89. The Bertz CT molecular complexity index is 1090. The minimum atomic E-state index is -0.796. The molecule has 0 radical (unpaired) electrons. The number of fused-ring (bicyclic) bond motifs is 5. The third-order valence-electron chi connectivity index (χ3n) is 7.96. The first-order valence-electron chi connectivity index (χ1n) is 12.6. The van der Waals surface area contributed by atoms with Crippen molar-refractivity contribution >= 4 is 18.0 Å². The predicted molar refractivity (Wildman–Crippen MR) is 131 cm³/mol. The Morgan fingerprint density at radius 3 is 2.34 bits per heavy atom. The number of alkyl carbamates (subject to hydrolysis) is 1. The Morgan fingerprint density at radius 2 is 1.71 bits per heavy atom. The Morgan fingerprint density at radius 1 is 1.06 bits per heavy atom. The third kappa shape index (κ3) is 4.40. The molecule has 4 unspecified atom stereocenters. The second-order valence-electron chi connectivity index (χ2n) is 10.0.